The molecule has 1 aliphatic rings. The van der Waals surface area contributed by atoms with E-state index < -0.39 is 0 Å². The number of aliphatic hydroxyl groups excluding tert-OH is 1. The van der Waals surface area contributed by atoms with Gasteiger partial charge in [-0.3, -0.25) is 4.79 Å². The van der Waals surface area contributed by atoms with Crippen LogP contribution in [0.15, 0.2) is 24.3 Å². The molecule has 0 radical (unpaired) electrons. The van der Waals surface area contributed by atoms with Crippen LogP contribution in [0.4, 0.5) is 0 Å². The van der Waals surface area contributed by atoms with Gasteiger partial charge in [0, 0.05) is 19.0 Å². The van der Waals surface area contributed by atoms with Crippen molar-refractivity contribution in [3.05, 3.63) is 24.3 Å². The second-order valence-electron chi connectivity index (χ2n) is 5.40. The van der Waals surface area contributed by atoms with Gasteiger partial charge < -0.3 is 19.5 Å². The summed E-state index contributed by atoms with van der Waals surface area (Å²) in [6, 6.07) is 7.29. The zero-order chi connectivity index (χ0) is 15.2. The van der Waals surface area contributed by atoms with E-state index in [4.69, 9.17) is 9.47 Å². The van der Waals surface area contributed by atoms with E-state index in [1.54, 1.807) is 14.0 Å². The second kappa shape index (κ2) is 7.31. The van der Waals surface area contributed by atoms with Crippen LogP contribution in [0, 0.1) is 5.92 Å². The molecular weight excluding hydrogens is 270 g/mol. The van der Waals surface area contributed by atoms with Gasteiger partial charge in [-0.15, -0.1) is 0 Å². The van der Waals surface area contributed by atoms with Crippen molar-refractivity contribution in [3.8, 4) is 11.5 Å². The van der Waals surface area contributed by atoms with Crippen molar-refractivity contribution in [1.82, 2.24) is 4.90 Å². The first-order valence-electron chi connectivity index (χ1n) is 7.33. The lowest BCUT2D eigenvalue weighted by Crippen LogP contribution is -2.31. The Morgan fingerprint density at radius 3 is 2.62 bits per heavy atom. The molecule has 1 saturated heterocycles. The summed E-state index contributed by atoms with van der Waals surface area (Å²) in [6.07, 6.45) is 0.889. The van der Waals surface area contributed by atoms with Crippen LogP contribution in [-0.2, 0) is 4.79 Å². The van der Waals surface area contributed by atoms with Gasteiger partial charge in [0.05, 0.1) is 26.2 Å². The highest BCUT2D eigenvalue weighted by Crippen LogP contribution is 2.21. The van der Waals surface area contributed by atoms with Gasteiger partial charge in [-0.05, 0) is 37.6 Å². The first-order valence-corrected chi connectivity index (χ1v) is 7.33. The number of amides is 1. The Balaban J connectivity index is 1.72. The molecule has 116 valence electrons. The van der Waals surface area contributed by atoms with E-state index in [1.165, 1.54) is 0 Å². The Labute approximate surface area is 125 Å². The average Bonchev–Trinajstić information content (AvgIpc) is 2.98. The highest BCUT2D eigenvalue weighted by molar-refractivity contribution is 5.76. The zero-order valence-corrected chi connectivity index (χ0v) is 12.6. The predicted octanol–water partition coefficient (Wildman–Crippen LogP) is 1.69. The molecule has 2 atom stereocenters. The molecule has 0 spiro atoms. The molecule has 1 heterocycles. The topological polar surface area (TPSA) is 59.0 Å². The molecular formula is C16H23NO4. The third-order valence-electron chi connectivity index (χ3n) is 3.90. The summed E-state index contributed by atoms with van der Waals surface area (Å²) in [5.41, 5.74) is 0. The van der Waals surface area contributed by atoms with Crippen molar-refractivity contribution in [3.63, 3.8) is 0 Å². The summed E-state index contributed by atoms with van der Waals surface area (Å²) in [7, 11) is 1.62. The number of benzene rings is 1. The van der Waals surface area contributed by atoms with Crippen molar-refractivity contribution < 1.29 is 19.4 Å². The van der Waals surface area contributed by atoms with Gasteiger partial charge in [0.25, 0.3) is 0 Å². The van der Waals surface area contributed by atoms with Crippen molar-refractivity contribution in [2.24, 2.45) is 5.92 Å². The Bertz CT molecular complexity index is 458. The highest BCUT2D eigenvalue weighted by Gasteiger charge is 2.28. The number of carbonyl (C=O) groups is 1. The number of ether oxygens (including phenoxy) is 2. The molecule has 2 unspecified atom stereocenters. The van der Waals surface area contributed by atoms with Crippen LogP contribution >= 0.6 is 0 Å². The van der Waals surface area contributed by atoms with Gasteiger partial charge in [-0.25, -0.2) is 0 Å². The lowest BCUT2D eigenvalue weighted by Gasteiger charge is -2.17. The quantitative estimate of drug-likeness (QED) is 0.867. The van der Waals surface area contributed by atoms with E-state index in [2.05, 4.69) is 0 Å². The van der Waals surface area contributed by atoms with Crippen LogP contribution in [0.1, 0.15) is 19.8 Å². The molecule has 0 aliphatic carbocycles. The molecule has 1 aliphatic heterocycles. The number of rotatable bonds is 6. The number of aliphatic hydroxyl groups is 1. The maximum Gasteiger partial charge on any atom is 0.226 e. The second-order valence-corrected chi connectivity index (χ2v) is 5.40. The van der Waals surface area contributed by atoms with Gasteiger partial charge in [-0.1, -0.05) is 0 Å². The number of methoxy groups -OCH3 is 1. The zero-order valence-electron chi connectivity index (χ0n) is 12.6. The molecule has 1 amide bonds. The maximum atomic E-state index is 12.0. The third-order valence-corrected chi connectivity index (χ3v) is 3.90. The summed E-state index contributed by atoms with van der Waals surface area (Å²) in [5, 5.41) is 9.55. The first kappa shape index (κ1) is 15.6. The average molecular weight is 293 g/mol. The molecule has 2 rings (SSSR count). The lowest BCUT2D eigenvalue weighted by atomic mass is 10.0. The number of nitrogens with zero attached hydrogens (tertiary/aromatic N) is 1. The summed E-state index contributed by atoms with van der Waals surface area (Å²) in [4.78, 5) is 13.9. The third kappa shape index (κ3) is 4.36. The van der Waals surface area contributed by atoms with Crippen LogP contribution in [0.5, 0.6) is 11.5 Å². The number of hydrogen-bond acceptors (Lipinski definition) is 4. The lowest BCUT2D eigenvalue weighted by molar-refractivity contribution is -0.130. The van der Waals surface area contributed by atoms with E-state index in [0.717, 1.165) is 24.5 Å². The molecule has 5 heteroatoms. The van der Waals surface area contributed by atoms with Crippen molar-refractivity contribution >= 4 is 5.91 Å². The van der Waals surface area contributed by atoms with Crippen LogP contribution in [0.2, 0.25) is 0 Å². The highest BCUT2D eigenvalue weighted by atomic mass is 16.5. The van der Waals surface area contributed by atoms with E-state index >= 15 is 0 Å². The SMILES string of the molecule is COc1ccc(OCCC(=O)N2CCC(C(C)O)C2)cc1. The van der Waals surface area contributed by atoms with Crippen molar-refractivity contribution in [2.75, 3.05) is 26.8 Å². The summed E-state index contributed by atoms with van der Waals surface area (Å²) < 4.78 is 10.6. The molecule has 1 aromatic carbocycles. The minimum Gasteiger partial charge on any atom is -0.497 e. The minimum absolute atomic E-state index is 0.0895. The van der Waals surface area contributed by atoms with Crippen LogP contribution in [0.25, 0.3) is 0 Å². The molecule has 21 heavy (non-hydrogen) atoms. The van der Waals surface area contributed by atoms with E-state index in [0.29, 0.717) is 19.6 Å². The smallest absolute Gasteiger partial charge is 0.226 e. The number of likely N-dealkylation sites (tertiary alicyclic amines) is 1. The van der Waals surface area contributed by atoms with Gasteiger partial charge >= 0.3 is 0 Å². The molecule has 0 bridgehead atoms. The molecule has 0 saturated carbocycles. The molecule has 0 aromatic heterocycles. The minimum atomic E-state index is -0.349. The fourth-order valence-electron chi connectivity index (χ4n) is 2.49. The van der Waals surface area contributed by atoms with Crippen LogP contribution < -0.4 is 9.47 Å². The monoisotopic (exact) mass is 293 g/mol. The standard InChI is InChI=1S/C16H23NO4/c1-12(18)13-7-9-17(11-13)16(19)8-10-21-15-5-3-14(20-2)4-6-15/h3-6,12-13,18H,7-11H2,1-2H3. The van der Waals surface area contributed by atoms with Gasteiger partial charge in [-0.2, -0.15) is 0 Å². The van der Waals surface area contributed by atoms with Crippen LogP contribution in [0.3, 0.4) is 0 Å². The molecule has 5 nitrogen and oxygen atoms in total. The van der Waals surface area contributed by atoms with E-state index in [9.17, 15) is 9.90 Å². The fourth-order valence-corrected chi connectivity index (χ4v) is 2.49. The molecule has 1 aromatic rings. The summed E-state index contributed by atoms with van der Waals surface area (Å²) in [5.74, 6) is 1.80. The van der Waals surface area contributed by atoms with Crippen LogP contribution in [-0.4, -0.2) is 48.8 Å². The normalized spacial score (nSPS) is 19.4. The molecule has 1 N–H and O–H groups in total. The van der Waals surface area contributed by atoms with Gasteiger partial charge in [0.2, 0.25) is 5.91 Å². The van der Waals surface area contributed by atoms with Gasteiger partial charge in [0.15, 0.2) is 0 Å². The maximum absolute atomic E-state index is 12.0. The number of carbonyl (C=O) groups excluding carboxylic acids is 1. The Morgan fingerprint density at radius 2 is 2.05 bits per heavy atom. The molecule has 1 fully saturated rings. The summed E-state index contributed by atoms with van der Waals surface area (Å²) >= 11 is 0. The largest absolute Gasteiger partial charge is 0.497 e. The van der Waals surface area contributed by atoms with Gasteiger partial charge in [0.1, 0.15) is 11.5 Å². The first-order chi connectivity index (χ1) is 10.1. The van der Waals surface area contributed by atoms with Crippen molar-refractivity contribution in [1.29, 1.82) is 0 Å². The Morgan fingerprint density at radius 1 is 1.38 bits per heavy atom. The van der Waals surface area contributed by atoms with E-state index in [-0.39, 0.29) is 17.9 Å². The van der Waals surface area contributed by atoms with Crippen molar-refractivity contribution in [2.45, 2.75) is 25.9 Å². The predicted molar refractivity (Wildman–Crippen MR) is 79.5 cm³/mol. The summed E-state index contributed by atoms with van der Waals surface area (Å²) in [6.45, 7) is 3.53. The number of hydrogen-bond donors (Lipinski definition) is 1. The van der Waals surface area contributed by atoms with E-state index in [1.807, 2.05) is 29.2 Å². The fraction of sp³-hybridized carbons (Fsp3) is 0.562. The Hall–Kier alpha value is -1.75. The Kier molecular flexibility index (Phi) is 5.44.